The van der Waals surface area contributed by atoms with Crippen molar-refractivity contribution in [2.45, 2.75) is 51.7 Å². The molecule has 2 heterocycles. The Morgan fingerprint density at radius 3 is 3.00 bits per heavy atom. The molecule has 0 radical (unpaired) electrons. The second kappa shape index (κ2) is 5.97. The highest BCUT2D eigenvalue weighted by Crippen LogP contribution is 2.21. The molecule has 3 nitrogen and oxygen atoms in total. The first kappa shape index (κ1) is 14.4. The Bertz CT molecular complexity index is 424. The average Bonchev–Trinajstić information content (AvgIpc) is 2.50. The second-order valence-corrected chi connectivity index (χ2v) is 5.90. The van der Waals surface area contributed by atoms with E-state index in [4.69, 9.17) is 0 Å². The standard InChI is InChI=1S/C15H24FN3/c1-4-15(3)11-19(12(2)5-6-18-15)10-13-7-14(16)9-17-8-13/h7-9,12,18H,4-6,10-11H2,1-3H3. The van der Waals surface area contributed by atoms with Crippen LogP contribution in [0.3, 0.4) is 0 Å². The highest BCUT2D eigenvalue weighted by atomic mass is 19.1. The van der Waals surface area contributed by atoms with E-state index < -0.39 is 0 Å². The van der Waals surface area contributed by atoms with Gasteiger partial charge in [-0.25, -0.2) is 4.39 Å². The zero-order valence-corrected chi connectivity index (χ0v) is 12.1. The summed E-state index contributed by atoms with van der Waals surface area (Å²) in [4.78, 5) is 6.37. The third-order valence-corrected chi connectivity index (χ3v) is 4.22. The minimum absolute atomic E-state index is 0.144. The molecule has 2 rings (SSSR count). The van der Waals surface area contributed by atoms with Crippen molar-refractivity contribution >= 4 is 0 Å². The molecule has 2 atom stereocenters. The minimum atomic E-state index is -0.253. The Kier molecular flexibility index (Phi) is 4.53. The first-order valence-corrected chi connectivity index (χ1v) is 7.11. The van der Waals surface area contributed by atoms with Gasteiger partial charge < -0.3 is 5.32 Å². The summed E-state index contributed by atoms with van der Waals surface area (Å²) in [5, 5.41) is 3.63. The van der Waals surface area contributed by atoms with Gasteiger partial charge in [0, 0.05) is 30.9 Å². The lowest BCUT2D eigenvalue weighted by molar-refractivity contribution is 0.163. The van der Waals surface area contributed by atoms with Crippen LogP contribution in [0.4, 0.5) is 4.39 Å². The second-order valence-electron chi connectivity index (χ2n) is 5.90. The van der Waals surface area contributed by atoms with Gasteiger partial charge in [0.25, 0.3) is 0 Å². The number of halogens is 1. The van der Waals surface area contributed by atoms with Gasteiger partial charge in [-0.1, -0.05) is 6.92 Å². The minimum Gasteiger partial charge on any atom is -0.310 e. The van der Waals surface area contributed by atoms with E-state index in [1.165, 1.54) is 6.20 Å². The first-order valence-electron chi connectivity index (χ1n) is 7.11. The maximum atomic E-state index is 13.2. The van der Waals surface area contributed by atoms with Crippen LogP contribution >= 0.6 is 0 Å². The summed E-state index contributed by atoms with van der Waals surface area (Å²) in [5.74, 6) is -0.253. The monoisotopic (exact) mass is 265 g/mol. The highest BCUT2D eigenvalue weighted by Gasteiger charge is 2.30. The van der Waals surface area contributed by atoms with Gasteiger partial charge in [0.2, 0.25) is 0 Å². The SMILES string of the molecule is CCC1(C)CN(Cc2cncc(F)c2)C(C)CCN1. The van der Waals surface area contributed by atoms with Gasteiger partial charge in [0.15, 0.2) is 0 Å². The van der Waals surface area contributed by atoms with Gasteiger partial charge in [-0.3, -0.25) is 9.88 Å². The van der Waals surface area contributed by atoms with E-state index in [1.54, 1.807) is 12.3 Å². The average molecular weight is 265 g/mol. The number of hydrogen-bond donors (Lipinski definition) is 1. The van der Waals surface area contributed by atoms with Crippen LogP contribution in [0.5, 0.6) is 0 Å². The van der Waals surface area contributed by atoms with Crippen LogP contribution in [-0.2, 0) is 6.54 Å². The molecule has 1 aliphatic heterocycles. The van der Waals surface area contributed by atoms with E-state index in [0.717, 1.165) is 38.0 Å². The van der Waals surface area contributed by atoms with Crippen LogP contribution < -0.4 is 5.32 Å². The maximum Gasteiger partial charge on any atom is 0.141 e. The van der Waals surface area contributed by atoms with Crippen LogP contribution in [0.2, 0.25) is 0 Å². The fourth-order valence-electron chi connectivity index (χ4n) is 2.65. The zero-order chi connectivity index (χ0) is 13.9. The summed E-state index contributed by atoms with van der Waals surface area (Å²) in [6.07, 6.45) is 5.24. The van der Waals surface area contributed by atoms with Crippen molar-refractivity contribution in [2.75, 3.05) is 13.1 Å². The Labute approximate surface area is 115 Å². The Morgan fingerprint density at radius 1 is 1.53 bits per heavy atom. The first-order chi connectivity index (χ1) is 9.02. The highest BCUT2D eigenvalue weighted by molar-refractivity contribution is 5.10. The molecule has 0 bridgehead atoms. The summed E-state index contributed by atoms with van der Waals surface area (Å²) in [6, 6.07) is 2.09. The molecule has 19 heavy (non-hydrogen) atoms. The molecule has 1 saturated heterocycles. The molecule has 0 saturated carbocycles. The Morgan fingerprint density at radius 2 is 2.32 bits per heavy atom. The van der Waals surface area contributed by atoms with E-state index in [1.807, 2.05) is 0 Å². The largest absolute Gasteiger partial charge is 0.310 e. The molecule has 0 amide bonds. The third kappa shape index (κ3) is 3.74. The number of rotatable bonds is 3. The van der Waals surface area contributed by atoms with E-state index in [0.29, 0.717) is 6.04 Å². The molecule has 4 heteroatoms. The molecule has 1 aliphatic rings. The van der Waals surface area contributed by atoms with Crippen molar-refractivity contribution in [3.63, 3.8) is 0 Å². The summed E-state index contributed by atoms with van der Waals surface area (Å²) < 4.78 is 13.2. The molecule has 1 aromatic heterocycles. The predicted octanol–water partition coefficient (Wildman–Crippen LogP) is 2.57. The third-order valence-electron chi connectivity index (χ3n) is 4.22. The maximum absolute atomic E-state index is 13.2. The van der Waals surface area contributed by atoms with Gasteiger partial charge >= 0.3 is 0 Å². The van der Waals surface area contributed by atoms with Crippen molar-refractivity contribution in [1.29, 1.82) is 0 Å². The summed E-state index contributed by atoms with van der Waals surface area (Å²) >= 11 is 0. The van der Waals surface area contributed by atoms with Crippen molar-refractivity contribution < 1.29 is 4.39 Å². The van der Waals surface area contributed by atoms with E-state index >= 15 is 0 Å². The fraction of sp³-hybridized carbons (Fsp3) is 0.667. The topological polar surface area (TPSA) is 28.2 Å². The van der Waals surface area contributed by atoms with Crippen LogP contribution in [0.15, 0.2) is 18.5 Å². The van der Waals surface area contributed by atoms with Gasteiger partial charge in [-0.2, -0.15) is 0 Å². The number of hydrogen-bond acceptors (Lipinski definition) is 3. The zero-order valence-electron chi connectivity index (χ0n) is 12.1. The molecule has 0 aromatic carbocycles. The number of nitrogens with one attached hydrogen (secondary N) is 1. The van der Waals surface area contributed by atoms with E-state index in [2.05, 4.69) is 36.0 Å². The number of nitrogens with zero attached hydrogens (tertiary/aromatic N) is 2. The lowest BCUT2D eigenvalue weighted by Crippen LogP contribution is -2.49. The molecule has 1 N–H and O–H groups in total. The molecule has 2 unspecified atom stereocenters. The summed E-state index contributed by atoms with van der Waals surface area (Å²) in [6.45, 7) is 9.52. The van der Waals surface area contributed by atoms with Gasteiger partial charge in [0.05, 0.1) is 6.20 Å². The fourth-order valence-corrected chi connectivity index (χ4v) is 2.65. The molecule has 0 spiro atoms. The van der Waals surface area contributed by atoms with Crippen molar-refractivity contribution in [1.82, 2.24) is 15.2 Å². The van der Waals surface area contributed by atoms with Crippen LogP contribution in [0, 0.1) is 5.82 Å². The van der Waals surface area contributed by atoms with Crippen molar-refractivity contribution in [2.24, 2.45) is 0 Å². The number of aromatic nitrogens is 1. The lowest BCUT2D eigenvalue weighted by atomic mass is 9.98. The van der Waals surface area contributed by atoms with Crippen molar-refractivity contribution in [3.05, 3.63) is 29.8 Å². The van der Waals surface area contributed by atoms with Crippen LogP contribution in [0.25, 0.3) is 0 Å². The van der Waals surface area contributed by atoms with Crippen molar-refractivity contribution in [3.8, 4) is 0 Å². The van der Waals surface area contributed by atoms with E-state index in [9.17, 15) is 4.39 Å². The number of pyridine rings is 1. The van der Waals surface area contributed by atoms with Crippen LogP contribution in [-0.4, -0.2) is 34.6 Å². The predicted molar refractivity (Wildman–Crippen MR) is 75.4 cm³/mol. The van der Waals surface area contributed by atoms with Gasteiger partial charge in [0.1, 0.15) is 5.82 Å². The van der Waals surface area contributed by atoms with Crippen LogP contribution in [0.1, 0.15) is 39.2 Å². The normalized spacial score (nSPS) is 29.2. The molecule has 106 valence electrons. The molecule has 1 aromatic rings. The van der Waals surface area contributed by atoms with Gasteiger partial charge in [-0.15, -0.1) is 0 Å². The molecule has 0 aliphatic carbocycles. The summed E-state index contributed by atoms with van der Waals surface area (Å²) in [7, 11) is 0. The lowest BCUT2D eigenvalue weighted by Gasteiger charge is -2.34. The quantitative estimate of drug-likeness (QED) is 0.910. The van der Waals surface area contributed by atoms with E-state index in [-0.39, 0.29) is 11.4 Å². The smallest absolute Gasteiger partial charge is 0.141 e. The Balaban J connectivity index is 2.11. The summed E-state index contributed by atoms with van der Waals surface area (Å²) in [5.41, 5.74) is 1.10. The Hall–Kier alpha value is -1.00. The molecular weight excluding hydrogens is 241 g/mol. The molecular formula is C15H24FN3. The van der Waals surface area contributed by atoms with Gasteiger partial charge in [-0.05, 0) is 44.9 Å². The molecule has 1 fully saturated rings.